The number of quaternary nitrogens is 1. The second kappa shape index (κ2) is 6.56. The van der Waals surface area contributed by atoms with Crippen LogP contribution in [0.1, 0.15) is 24.0 Å². The third kappa shape index (κ3) is 3.24. The number of likely N-dealkylation sites (N-methyl/N-ethyl adjacent to an activating group) is 1. The van der Waals surface area contributed by atoms with Crippen LogP contribution in [0.15, 0.2) is 60.7 Å². The Hall–Kier alpha value is -1.68. The molecule has 3 heterocycles. The van der Waals surface area contributed by atoms with Gasteiger partial charge in [0.25, 0.3) is 0 Å². The van der Waals surface area contributed by atoms with Crippen molar-refractivity contribution in [3.8, 4) is 0 Å². The predicted molar refractivity (Wildman–Crippen MR) is 99.1 cm³/mol. The third-order valence-corrected chi connectivity index (χ3v) is 6.23. The second-order valence-electron chi connectivity index (χ2n) is 8.03. The van der Waals surface area contributed by atoms with Crippen LogP contribution in [-0.2, 0) is 10.3 Å². The lowest BCUT2D eigenvalue weighted by Gasteiger charge is -2.50. The Balaban J connectivity index is 1.58. The van der Waals surface area contributed by atoms with Gasteiger partial charge in [0.2, 0.25) is 0 Å². The fourth-order valence-electron chi connectivity index (χ4n) is 4.53. The molecule has 0 amide bonds. The summed E-state index contributed by atoms with van der Waals surface area (Å²) in [6.07, 6.45) is 2.75. The van der Waals surface area contributed by atoms with E-state index in [1.54, 1.807) is 0 Å². The fraction of sp³-hybridized carbons (Fsp3) is 0.455. The van der Waals surface area contributed by atoms with Crippen LogP contribution in [0, 0.1) is 5.92 Å². The molecule has 2 bridgehead atoms. The molecule has 1 unspecified atom stereocenters. The van der Waals surface area contributed by atoms with Gasteiger partial charge in [-0.2, -0.15) is 0 Å². The largest absolute Gasteiger partial charge is 0.378 e. The van der Waals surface area contributed by atoms with Gasteiger partial charge in [-0.25, -0.2) is 0 Å². The van der Waals surface area contributed by atoms with E-state index in [4.69, 9.17) is 4.74 Å². The van der Waals surface area contributed by atoms with E-state index < -0.39 is 5.60 Å². The molecule has 0 saturated carbocycles. The van der Waals surface area contributed by atoms with Crippen molar-refractivity contribution in [3.63, 3.8) is 0 Å². The molecule has 3 aliphatic heterocycles. The summed E-state index contributed by atoms with van der Waals surface area (Å²) in [7, 11) is 2.34. The zero-order valence-corrected chi connectivity index (χ0v) is 15.0. The Morgan fingerprint density at radius 3 is 1.96 bits per heavy atom. The molecule has 3 fully saturated rings. The van der Waals surface area contributed by atoms with Crippen LogP contribution in [0.3, 0.4) is 0 Å². The van der Waals surface area contributed by atoms with Crippen molar-refractivity contribution in [2.24, 2.45) is 5.92 Å². The summed E-state index contributed by atoms with van der Waals surface area (Å²) < 4.78 is 7.51. The average Bonchev–Trinajstić information content (AvgIpc) is 2.67. The van der Waals surface area contributed by atoms with Gasteiger partial charge < -0.3 is 14.3 Å². The predicted octanol–water partition coefficient (Wildman–Crippen LogP) is 3.18. The molecule has 2 aromatic carbocycles. The maximum atomic E-state index is 11.6. The lowest BCUT2D eigenvalue weighted by molar-refractivity contribution is -0.928. The SMILES string of the molecule is C[N+]12CCC(CC1)C(OCC(O)(c1ccccc1)c1ccccc1)C2. The first-order valence-electron chi connectivity index (χ1n) is 9.38. The maximum Gasteiger partial charge on any atom is 0.138 e. The number of hydrogen-bond donors (Lipinski definition) is 1. The van der Waals surface area contributed by atoms with Gasteiger partial charge in [-0.05, 0) is 11.1 Å². The number of nitrogens with zero attached hydrogens (tertiary/aromatic N) is 1. The van der Waals surface area contributed by atoms with Gasteiger partial charge in [-0.3, -0.25) is 0 Å². The van der Waals surface area contributed by atoms with Gasteiger partial charge in [-0.1, -0.05) is 60.7 Å². The van der Waals surface area contributed by atoms with E-state index in [1.807, 2.05) is 60.7 Å². The summed E-state index contributed by atoms with van der Waals surface area (Å²) in [6, 6.07) is 19.8. The molecule has 0 aliphatic carbocycles. The lowest BCUT2D eigenvalue weighted by Crippen LogP contribution is -2.62. The van der Waals surface area contributed by atoms with Gasteiger partial charge in [0, 0.05) is 18.8 Å². The highest BCUT2D eigenvalue weighted by atomic mass is 16.5. The summed E-state index contributed by atoms with van der Waals surface area (Å²) in [5.41, 5.74) is 0.679. The molecular formula is C22H28NO2+. The number of benzene rings is 2. The Morgan fingerprint density at radius 2 is 1.48 bits per heavy atom. The quantitative estimate of drug-likeness (QED) is 0.849. The minimum absolute atomic E-state index is 0.256. The summed E-state index contributed by atoms with van der Waals surface area (Å²) in [5, 5.41) is 11.6. The molecule has 3 heteroatoms. The Morgan fingerprint density at radius 1 is 0.960 bits per heavy atom. The fourth-order valence-corrected chi connectivity index (χ4v) is 4.53. The third-order valence-electron chi connectivity index (χ3n) is 6.23. The van der Waals surface area contributed by atoms with Crippen molar-refractivity contribution in [1.82, 2.24) is 0 Å². The summed E-state index contributed by atoms with van der Waals surface area (Å²) in [5.74, 6) is 0.649. The Bertz CT molecular complexity index is 653. The van der Waals surface area contributed by atoms with Crippen LogP contribution in [0.25, 0.3) is 0 Å². The van der Waals surface area contributed by atoms with Gasteiger partial charge in [0.05, 0.1) is 26.7 Å². The minimum atomic E-state index is -1.10. The van der Waals surface area contributed by atoms with Crippen LogP contribution in [0.5, 0.6) is 0 Å². The first-order chi connectivity index (χ1) is 12.1. The van der Waals surface area contributed by atoms with Crippen molar-refractivity contribution in [1.29, 1.82) is 0 Å². The van der Waals surface area contributed by atoms with Crippen molar-refractivity contribution in [3.05, 3.63) is 71.8 Å². The molecule has 1 N–H and O–H groups in total. The summed E-state index contributed by atoms with van der Waals surface area (Å²) in [6.45, 7) is 3.92. The van der Waals surface area contributed by atoms with Gasteiger partial charge in [-0.15, -0.1) is 0 Å². The van der Waals surface area contributed by atoms with E-state index in [1.165, 1.54) is 25.9 Å². The molecule has 0 radical (unpaired) electrons. The number of fused-ring (bicyclic) bond motifs is 3. The molecule has 0 aromatic heterocycles. The molecule has 0 spiro atoms. The lowest BCUT2D eigenvalue weighted by atomic mass is 9.83. The first kappa shape index (κ1) is 16.8. The molecule has 132 valence electrons. The number of ether oxygens (including phenoxy) is 1. The number of piperidine rings is 3. The van der Waals surface area contributed by atoms with Crippen LogP contribution in [-0.4, -0.2) is 49.0 Å². The van der Waals surface area contributed by atoms with E-state index in [2.05, 4.69) is 7.05 Å². The van der Waals surface area contributed by atoms with Crippen LogP contribution in [0.2, 0.25) is 0 Å². The second-order valence-corrected chi connectivity index (χ2v) is 8.03. The summed E-state index contributed by atoms with van der Waals surface area (Å²) >= 11 is 0. The minimum Gasteiger partial charge on any atom is -0.378 e. The standard InChI is InChI=1S/C22H28NO2/c1-23-14-12-18(13-15-23)21(16-23)25-17-22(24,19-8-4-2-5-9-19)20-10-6-3-7-11-20/h2-11,18,21,24H,12-17H2,1H3/q+1. The Labute approximate surface area is 150 Å². The maximum absolute atomic E-state index is 11.6. The van der Waals surface area contributed by atoms with E-state index in [-0.39, 0.29) is 6.10 Å². The molecule has 1 atom stereocenters. The van der Waals surface area contributed by atoms with E-state index in [0.717, 1.165) is 22.2 Å². The van der Waals surface area contributed by atoms with Crippen LogP contribution >= 0.6 is 0 Å². The van der Waals surface area contributed by atoms with E-state index in [9.17, 15) is 5.11 Å². The van der Waals surface area contributed by atoms with Gasteiger partial charge in [0.15, 0.2) is 0 Å². The molecule has 3 aliphatic rings. The van der Waals surface area contributed by atoms with Gasteiger partial charge >= 0.3 is 0 Å². The van der Waals surface area contributed by atoms with Crippen LogP contribution < -0.4 is 0 Å². The zero-order valence-electron chi connectivity index (χ0n) is 15.0. The van der Waals surface area contributed by atoms with Crippen molar-refractivity contribution >= 4 is 0 Å². The van der Waals surface area contributed by atoms with Crippen molar-refractivity contribution in [2.75, 3.05) is 33.3 Å². The highest BCUT2D eigenvalue weighted by molar-refractivity contribution is 5.36. The first-order valence-corrected chi connectivity index (χ1v) is 9.38. The number of aliphatic hydroxyl groups is 1. The molecule has 3 saturated heterocycles. The zero-order chi connectivity index (χ0) is 17.3. The molecule has 2 aromatic rings. The number of rotatable bonds is 5. The summed E-state index contributed by atoms with van der Waals surface area (Å²) in [4.78, 5) is 0. The highest BCUT2D eigenvalue weighted by Crippen LogP contribution is 2.36. The van der Waals surface area contributed by atoms with Crippen molar-refractivity contribution in [2.45, 2.75) is 24.5 Å². The number of hydrogen-bond acceptors (Lipinski definition) is 2. The average molecular weight is 338 g/mol. The van der Waals surface area contributed by atoms with Gasteiger partial charge in [0.1, 0.15) is 18.2 Å². The molecular weight excluding hydrogens is 310 g/mol. The highest BCUT2D eigenvalue weighted by Gasteiger charge is 2.45. The Kier molecular flexibility index (Phi) is 4.40. The normalized spacial score (nSPS) is 28.9. The molecule has 3 nitrogen and oxygen atoms in total. The topological polar surface area (TPSA) is 29.5 Å². The van der Waals surface area contributed by atoms with Crippen molar-refractivity contribution < 1.29 is 14.3 Å². The van der Waals surface area contributed by atoms with Crippen LogP contribution in [0.4, 0.5) is 0 Å². The monoisotopic (exact) mass is 338 g/mol. The van der Waals surface area contributed by atoms with E-state index >= 15 is 0 Å². The molecule has 5 rings (SSSR count). The smallest absolute Gasteiger partial charge is 0.138 e. The van der Waals surface area contributed by atoms with E-state index in [0.29, 0.717) is 12.5 Å². The molecule has 25 heavy (non-hydrogen) atoms.